The van der Waals surface area contributed by atoms with Crippen molar-refractivity contribution >= 4 is 17.5 Å². The van der Waals surface area contributed by atoms with Gasteiger partial charge in [0.1, 0.15) is 0 Å². The quantitative estimate of drug-likeness (QED) is 0.518. The number of aromatic nitrogens is 5. The van der Waals surface area contributed by atoms with Gasteiger partial charge < -0.3 is 9.30 Å². The monoisotopic (exact) mass is 403 g/mol. The van der Waals surface area contributed by atoms with Gasteiger partial charge in [-0.1, -0.05) is 31.0 Å². The fourth-order valence-electron chi connectivity index (χ4n) is 4.40. The molecule has 0 unspecified atom stereocenters. The number of rotatable bonds is 7. The number of hydrogen-bond acceptors (Lipinski definition) is 6. The molecule has 1 aliphatic carbocycles. The van der Waals surface area contributed by atoms with Crippen molar-refractivity contribution in [1.82, 2.24) is 24.8 Å². The maximum atomic E-state index is 12.9. The molecule has 7 nitrogen and oxygen atoms in total. The van der Waals surface area contributed by atoms with Gasteiger partial charge in [0.25, 0.3) is 0 Å². The van der Waals surface area contributed by atoms with Gasteiger partial charge in [-0.15, -0.1) is 5.10 Å². The molecule has 0 N–H and O–H groups in total. The van der Waals surface area contributed by atoms with E-state index in [2.05, 4.69) is 27.0 Å². The van der Waals surface area contributed by atoms with Crippen molar-refractivity contribution in [3.05, 3.63) is 23.0 Å². The van der Waals surface area contributed by atoms with E-state index >= 15 is 0 Å². The van der Waals surface area contributed by atoms with Gasteiger partial charge in [-0.05, 0) is 56.0 Å². The lowest BCUT2D eigenvalue weighted by atomic mass is 9.96. The van der Waals surface area contributed by atoms with Gasteiger partial charge in [0.05, 0.1) is 17.9 Å². The highest BCUT2D eigenvalue weighted by Gasteiger charge is 2.23. The van der Waals surface area contributed by atoms with Gasteiger partial charge in [-0.25, -0.2) is 4.68 Å². The number of aryl methyl sites for hydroxylation is 1. The molecule has 1 saturated carbocycles. The number of thioether (sulfide) groups is 1. The lowest BCUT2D eigenvalue weighted by Gasteiger charge is -2.21. The average Bonchev–Trinajstić information content (AvgIpc) is 3.44. The molecule has 1 aliphatic heterocycles. The summed E-state index contributed by atoms with van der Waals surface area (Å²) in [6, 6.07) is 2.38. The van der Waals surface area contributed by atoms with Crippen LogP contribution < -0.4 is 0 Å². The molecule has 1 saturated heterocycles. The molecule has 0 radical (unpaired) electrons. The lowest BCUT2D eigenvalue weighted by molar-refractivity contribution is 0.0957. The summed E-state index contributed by atoms with van der Waals surface area (Å²) >= 11 is 1.45. The average molecular weight is 404 g/mol. The summed E-state index contributed by atoms with van der Waals surface area (Å²) in [6.45, 7) is 5.78. The molecule has 0 bridgehead atoms. The van der Waals surface area contributed by atoms with E-state index < -0.39 is 0 Å². The molecule has 2 aromatic heterocycles. The van der Waals surface area contributed by atoms with Crippen molar-refractivity contribution in [3.8, 4) is 0 Å². The van der Waals surface area contributed by atoms with Crippen molar-refractivity contribution in [3.63, 3.8) is 0 Å². The molecule has 2 aliphatic rings. The highest BCUT2D eigenvalue weighted by atomic mass is 32.2. The van der Waals surface area contributed by atoms with Crippen LogP contribution in [0, 0.1) is 13.8 Å². The third kappa shape index (κ3) is 4.17. The minimum Gasteiger partial charge on any atom is -0.376 e. The van der Waals surface area contributed by atoms with Crippen molar-refractivity contribution in [2.75, 3.05) is 12.4 Å². The molecule has 1 atom stereocenters. The second kappa shape index (κ2) is 8.78. The Kier molecular flexibility index (Phi) is 6.16. The van der Waals surface area contributed by atoms with E-state index in [9.17, 15) is 4.79 Å². The smallest absolute Gasteiger partial charge is 0.210 e. The minimum atomic E-state index is 0.134. The number of hydrogen-bond donors (Lipinski definition) is 0. The summed E-state index contributed by atoms with van der Waals surface area (Å²) in [5, 5.41) is 13.0. The molecular formula is C20H29N5O2S. The van der Waals surface area contributed by atoms with Crippen LogP contribution >= 0.6 is 11.8 Å². The number of carbonyl (C=O) groups is 1. The Labute approximate surface area is 170 Å². The number of Topliss-reactive ketones (excluding diaryl/α,β-unsaturated/α-hetero) is 1. The van der Waals surface area contributed by atoms with Gasteiger partial charge in [0, 0.05) is 30.1 Å². The molecular weight excluding hydrogens is 374 g/mol. The second-order valence-corrected chi connectivity index (χ2v) is 8.88. The standard InChI is InChI=1S/C20H29N5O2S/c1-14-11-18(15(2)24(14)12-17-9-6-10-27-17)19(26)13-28-20-21-22-23-25(20)16-7-4-3-5-8-16/h11,16-17H,3-10,12-13H2,1-2H3/t17-/m0/s1. The molecule has 2 fully saturated rings. The summed E-state index contributed by atoms with van der Waals surface area (Å²) in [6.07, 6.45) is 8.48. The van der Waals surface area contributed by atoms with Gasteiger partial charge in [-0.2, -0.15) is 0 Å². The summed E-state index contributed by atoms with van der Waals surface area (Å²) in [5.74, 6) is 0.493. The van der Waals surface area contributed by atoms with Crippen molar-refractivity contribution in [1.29, 1.82) is 0 Å². The van der Waals surface area contributed by atoms with E-state index in [0.717, 1.165) is 60.9 Å². The molecule has 0 amide bonds. The summed E-state index contributed by atoms with van der Waals surface area (Å²) in [7, 11) is 0. The fourth-order valence-corrected chi connectivity index (χ4v) is 5.23. The zero-order valence-electron chi connectivity index (χ0n) is 16.8. The maximum absolute atomic E-state index is 12.9. The summed E-state index contributed by atoms with van der Waals surface area (Å²) in [5.41, 5.74) is 2.96. The predicted molar refractivity (Wildman–Crippen MR) is 108 cm³/mol. The van der Waals surface area contributed by atoms with E-state index in [-0.39, 0.29) is 11.9 Å². The van der Waals surface area contributed by atoms with Gasteiger partial charge >= 0.3 is 0 Å². The number of ketones is 1. The van der Waals surface area contributed by atoms with Crippen molar-refractivity contribution in [2.45, 2.75) is 82.6 Å². The zero-order valence-corrected chi connectivity index (χ0v) is 17.6. The maximum Gasteiger partial charge on any atom is 0.210 e. The van der Waals surface area contributed by atoms with Crippen LogP contribution in [0.5, 0.6) is 0 Å². The van der Waals surface area contributed by atoms with E-state index in [0.29, 0.717) is 11.8 Å². The molecule has 3 heterocycles. The normalized spacial score (nSPS) is 20.7. The molecule has 8 heteroatoms. The first-order chi connectivity index (χ1) is 13.6. The van der Waals surface area contributed by atoms with Crippen LogP contribution in [-0.2, 0) is 11.3 Å². The van der Waals surface area contributed by atoms with Gasteiger partial charge in [0.15, 0.2) is 5.78 Å². The van der Waals surface area contributed by atoms with Crippen molar-refractivity contribution in [2.24, 2.45) is 0 Å². The molecule has 152 valence electrons. The number of nitrogens with zero attached hydrogens (tertiary/aromatic N) is 5. The Morgan fingerprint density at radius 2 is 2.04 bits per heavy atom. The molecule has 4 rings (SSSR count). The van der Waals surface area contributed by atoms with E-state index in [4.69, 9.17) is 4.74 Å². The van der Waals surface area contributed by atoms with Crippen LogP contribution in [0.15, 0.2) is 11.2 Å². The van der Waals surface area contributed by atoms with Crippen LogP contribution in [0.1, 0.15) is 72.7 Å². The van der Waals surface area contributed by atoms with Crippen LogP contribution in [-0.4, -0.2) is 49.0 Å². The van der Waals surface area contributed by atoms with Crippen LogP contribution in [0.4, 0.5) is 0 Å². The Bertz CT molecular complexity index is 819. The largest absolute Gasteiger partial charge is 0.376 e. The lowest BCUT2D eigenvalue weighted by Crippen LogP contribution is -2.17. The van der Waals surface area contributed by atoms with Crippen LogP contribution in [0.2, 0.25) is 0 Å². The fraction of sp³-hybridized carbons (Fsp3) is 0.700. The van der Waals surface area contributed by atoms with Gasteiger partial charge in [-0.3, -0.25) is 4.79 Å². The zero-order chi connectivity index (χ0) is 19.5. The first-order valence-electron chi connectivity index (χ1n) is 10.4. The Morgan fingerprint density at radius 1 is 1.21 bits per heavy atom. The third-order valence-corrected chi connectivity index (χ3v) is 6.93. The van der Waals surface area contributed by atoms with Crippen LogP contribution in [0.25, 0.3) is 0 Å². The molecule has 0 aromatic carbocycles. The third-order valence-electron chi connectivity index (χ3n) is 6.00. The SMILES string of the molecule is Cc1cc(C(=O)CSc2nnnn2C2CCCCC2)c(C)n1C[C@@H]1CCCO1. The van der Waals surface area contributed by atoms with E-state index in [1.807, 2.05) is 17.7 Å². The molecule has 0 spiro atoms. The molecule has 28 heavy (non-hydrogen) atoms. The van der Waals surface area contributed by atoms with E-state index in [1.165, 1.54) is 31.0 Å². The van der Waals surface area contributed by atoms with E-state index in [1.54, 1.807) is 0 Å². The number of ether oxygens (including phenoxy) is 1. The first-order valence-corrected chi connectivity index (χ1v) is 11.3. The number of tetrazole rings is 1. The first kappa shape index (κ1) is 19.6. The summed E-state index contributed by atoms with van der Waals surface area (Å²) < 4.78 is 9.92. The van der Waals surface area contributed by atoms with Crippen LogP contribution in [0.3, 0.4) is 0 Å². The Hall–Kier alpha value is -1.67. The predicted octanol–water partition coefficient (Wildman–Crippen LogP) is 3.75. The Balaban J connectivity index is 1.41. The highest BCUT2D eigenvalue weighted by Crippen LogP contribution is 2.30. The summed E-state index contributed by atoms with van der Waals surface area (Å²) in [4.78, 5) is 12.9. The van der Waals surface area contributed by atoms with Gasteiger partial charge in [0.2, 0.25) is 5.16 Å². The topological polar surface area (TPSA) is 74.8 Å². The number of carbonyl (C=O) groups excluding carboxylic acids is 1. The minimum absolute atomic E-state index is 0.134. The van der Waals surface area contributed by atoms with Crippen molar-refractivity contribution < 1.29 is 9.53 Å². The molecule has 2 aromatic rings. The highest BCUT2D eigenvalue weighted by molar-refractivity contribution is 7.99. The Morgan fingerprint density at radius 3 is 2.79 bits per heavy atom. The second-order valence-electron chi connectivity index (χ2n) is 7.94.